The fourth-order valence-corrected chi connectivity index (χ4v) is 1.58. The zero-order valence-electron chi connectivity index (χ0n) is 9.98. The van der Waals surface area contributed by atoms with Gasteiger partial charge in [-0.05, 0) is 31.2 Å². The maximum Gasteiger partial charge on any atom is 0.358 e. The second-order valence-corrected chi connectivity index (χ2v) is 3.74. The lowest BCUT2D eigenvalue weighted by Gasteiger charge is -2.03. The minimum absolute atomic E-state index is 0.152. The number of carbonyl (C=O) groups excluding carboxylic acids is 1. The molecule has 0 aliphatic rings. The summed E-state index contributed by atoms with van der Waals surface area (Å²) in [5.74, 6) is -0.587. The first kappa shape index (κ1) is 12.1. The summed E-state index contributed by atoms with van der Waals surface area (Å²) in [6, 6.07) is 5.64. The highest BCUT2D eigenvalue weighted by Gasteiger charge is 2.19. The first-order chi connectivity index (χ1) is 8.54. The summed E-state index contributed by atoms with van der Waals surface area (Å²) >= 11 is 0. The van der Waals surface area contributed by atoms with E-state index in [1.807, 2.05) is 0 Å². The van der Waals surface area contributed by atoms with Crippen LogP contribution in [0, 0.1) is 12.7 Å². The van der Waals surface area contributed by atoms with E-state index in [2.05, 4.69) is 9.84 Å². The molecule has 0 saturated carbocycles. The molecule has 0 atom stereocenters. The third kappa shape index (κ3) is 1.92. The molecule has 0 saturated heterocycles. The van der Waals surface area contributed by atoms with Gasteiger partial charge in [0.1, 0.15) is 11.6 Å². The van der Waals surface area contributed by atoms with E-state index in [0.717, 1.165) is 0 Å². The van der Waals surface area contributed by atoms with E-state index >= 15 is 0 Å². The lowest BCUT2D eigenvalue weighted by molar-refractivity contribution is 0.0592. The maximum atomic E-state index is 12.8. The Bertz CT molecular complexity index is 590. The Morgan fingerprint density at radius 1 is 1.39 bits per heavy atom. The van der Waals surface area contributed by atoms with E-state index in [0.29, 0.717) is 17.1 Å². The molecule has 2 N–H and O–H groups in total. The van der Waals surface area contributed by atoms with Crippen molar-refractivity contribution < 1.29 is 13.9 Å². The Labute approximate surface area is 103 Å². The molecule has 0 aliphatic carbocycles. The number of methoxy groups -OCH3 is 1. The van der Waals surface area contributed by atoms with Crippen LogP contribution in [0.25, 0.3) is 5.69 Å². The molecule has 1 aromatic heterocycles. The third-order valence-corrected chi connectivity index (χ3v) is 2.62. The molecule has 2 aromatic rings. The molecule has 0 aliphatic heterocycles. The van der Waals surface area contributed by atoms with Crippen molar-refractivity contribution in [2.24, 2.45) is 0 Å². The van der Waals surface area contributed by atoms with Crippen LogP contribution in [0.5, 0.6) is 0 Å². The van der Waals surface area contributed by atoms with Gasteiger partial charge in [-0.1, -0.05) is 0 Å². The summed E-state index contributed by atoms with van der Waals surface area (Å²) in [7, 11) is 1.27. The molecule has 0 amide bonds. The standard InChI is InChI=1S/C12H12FN3O2/c1-7-10(12(17)18-2)15-16(11(7)14)9-5-3-8(13)4-6-9/h3-6H,14H2,1-2H3. The van der Waals surface area contributed by atoms with Crippen molar-refractivity contribution in [3.05, 3.63) is 41.3 Å². The molecular formula is C12H12FN3O2. The van der Waals surface area contributed by atoms with Gasteiger partial charge in [0.25, 0.3) is 0 Å². The van der Waals surface area contributed by atoms with Gasteiger partial charge in [-0.3, -0.25) is 0 Å². The van der Waals surface area contributed by atoms with E-state index in [1.165, 1.54) is 36.1 Å². The fourth-order valence-electron chi connectivity index (χ4n) is 1.58. The van der Waals surface area contributed by atoms with E-state index in [4.69, 9.17) is 5.73 Å². The zero-order chi connectivity index (χ0) is 13.3. The average molecular weight is 249 g/mol. The Morgan fingerprint density at radius 3 is 2.56 bits per heavy atom. The quantitative estimate of drug-likeness (QED) is 0.822. The Balaban J connectivity index is 2.52. The number of halogens is 1. The molecule has 0 radical (unpaired) electrons. The van der Waals surface area contributed by atoms with Crippen molar-refractivity contribution in [2.45, 2.75) is 6.92 Å². The van der Waals surface area contributed by atoms with Crippen LogP contribution in [0.3, 0.4) is 0 Å². The summed E-state index contributed by atoms with van der Waals surface area (Å²) in [5.41, 5.74) is 7.13. The van der Waals surface area contributed by atoms with Crippen LogP contribution in [0.1, 0.15) is 16.1 Å². The topological polar surface area (TPSA) is 70.1 Å². The molecule has 94 valence electrons. The molecule has 0 bridgehead atoms. The minimum atomic E-state index is -0.555. The van der Waals surface area contributed by atoms with Crippen LogP contribution in [-0.2, 0) is 4.74 Å². The average Bonchev–Trinajstić information content (AvgIpc) is 2.67. The van der Waals surface area contributed by atoms with E-state index in [1.54, 1.807) is 6.92 Å². The summed E-state index contributed by atoms with van der Waals surface area (Å²) in [6.07, 6.45) is 0. The van der Waals surface area contributed by atoms with Gasteiger partial charge in [-0.15, -0.1) is 0 Å². The monoisotopic (exact) mass is 249 g/mol. The number of rotatable bonds is 2. The molecular weight excluding hydrogens is 237 g/mol. The highest BCUT2D eigenvalue weighted by molar-refractivity contribution is 5.90. The molecule has 0 spiro atoms. The predicted octanol–water partition coefficient (Wildman–Crippen LogP) is 1.69. The second-order valence-electron chi connectivity index (χ2n) is 3.74. The van der Waals surface area contributed by atoms with Crippen molar-refractivity contribution in [1.82, 2.24) is 9.78 Å². The van der Waals surface area contributed by atoms with Crippen LogP contribution in [0.2, 0.25) is 0 Å². The van der Waals surface area contributed by atoms with E-state index < -0.39 is 5.97 Å². The number of anilines is 1. The molecule has 0 fully saturated rings. The number of nitrogens with two attached hydrogens (primary N) is 1. The smallest absolute Gasteiger partial charge is 0.358 e. The fraction of sp³-hybridized carbons (Fsp3) is 0.167. The summed E-state index contributed by atoms with van der Waals surface area (Å²) in [6.45, 7) is 1.68. The number of esters is 1. The summed E-state index contributed by atoms with van der Waals surface area (Å²) in [5, 5.41) is 4.07. The largest absolute Gasteiger partial charge is 0.464 e. The Kier molecular flexibility index (Phi) is 3.01. The second kappa shape index (κ2) is 4.48. The number of hydrogen-bond donors (Lipinski definition) is 1. The van der Waals surface area contributed by atoms with Gasteiger partial charge in [-0.25, -0.2) is 13.9 Å². The molecule has 2 rings (SSSR count). The van der Waals surface area contributed by atoms with Crippen molar-refractivity contribution >= 4 is 11.8 Å². The van der Waals surface area contributed by atoms with Gasteiger partial charge in [-0.2, -0.15) is 5.10 Å². The van der Waals surface area contributed by atoms with Crippen molar-refractivity contribution in [2.75, 3.05) is 12.8 Å². The number of carbonyl (C=O) groups is 1. The number of benzene rings is 1. The van der Waals surface area contributed by atoms with Gasteiger partial charge < -0.3 is 10.5 Å². The zero-order valence-corrected chi connectivity index (χ0v) is 9.98. The number of hydrogen-bond acceptors (Lipinski definition) is 4. The van der Waals surface area contributed by atoms with E-state index in [-0.39, 0.29) is 11.5 Å². The minimum Gasteiger partial charge on any atom is -0.464 e. The van der Waals surface area contributed by atoms with Gasteiger partial charge in [0.2, 0.25) is 0 Å². The lowest BCUT2D eigenvalue weighted by Crippen LogP contribution is -2.05. The number of ether oxygens (including phenoxy) is 1. The maximum absolute atomic E-state index is 12.8. The molecule has 0 unspecified atom stereocenters. The number of nitrogen functional groups attached to an aromatic ring is 1. The third-order valence-electron chi connectivity index (χ3n) is 2.62. The highest BCUT2D eigenvalue weighted by Crippen LogP contribution is 2.20. The summed E-state index contributed by atoms with van der Waals surface area (Å²) in [4.78, 5) is 11.5. The van der Waals surface area contributed by atoms with Crippen molar-refractivity contribution in [3.8, 4) is 5.69 Å². The van der Waals surface area contributed by atoms with Crippen LogP contribution in [-0.4, -0.2) is 22.9 Å². The van der Waals surface area contributed by atoms with Crippen LogP contribution in [0.4, 0.5) is 10.2 Å². The number of aromatic nitrogens is 2. The molecule has 5 nitrogen and oxygen atoms in total. The summed E-state index contributed by atoms with van der Waals surface area (Å²) < 4.78 is 18.8. The van der Waals surface area contributed by atoms with E-state index in [9.17, 15) is 9.18 Å². The normalized spacial score (nSPS) is 10.4. The SMILES string of the molecule is COC(=O)c1nn(-c2ccc(F)cc2)c(N)c1C. The van der Waals surface area contributed by atoms with Crippen LogP contribution >= 0.6 is 0 Å². The molecule has 1 aromatic carbocycles. The Hall–Kier alpha value is -2.37. The lowest BCUT2D eigenvalue weighted by atomic mass is 10.2. The van der Waals surface area contributed by atoms with Gasteiger partial charge in [0, 0.05) is 5.56 Å². The molecule has 1 heterocycles. The van der Waals surface area contributed by atoms with Gasteiger partial charge >= 0.3 is 5.97 Å². The van der Waals surface area contributed by atoms with Crippen LogP contribution in [0.15, 0.2) is 24.3 Å². The predicted molar refractivity (Wildman–Crippen MR) is 64.0 cm³/mol. The first-order valence-electron chi connectivity index (χ1n) is 5.24. The van der Waals surface area contributed by atoms with Crippen molar-refractivity contribution in [3.63, 3.8) is 0 Å². The highest BCUT2D eigenvalue weighted by atomic mass is 19.1. The van der Waals surface area contributed by atoms with Crippen molar-refractivity contribution in [1.29, 1.82) is 0 Å². The Morgan fingerprint density at radius 2 is 2.00 bits per heavy atom. The number of nitrogens with zero attached hydrogens (tertiary/aromatic N) is 2. The molecule has 6 heteroatoms. The van der Waals surface area contributed by atoms with Gasteiger partial charge in [0.05, 0.1) is 12.8 Å². The van der Waals surface area contributed by atoms with Gasteiger partial charge in [0.15, 0.2) is 5.69 Å². The first-order valence-corrected chi connectivity index (χ1v) is 5.24. The van der Waals surface area contributed by atoms with Crippen LogP contribution < -0.4 is 5.73 Å². The molecule has 18 heavy (non-hydrogen) atoms.